The molecule has 3 aliphatic rings. The van der Waals surface area contributed by atoms with Gasteiger partial charge in [0.2, 0.25) is 23.6 Å². The second kappa shape index (κ2) is 16.4. The average Bonchev–Trinajstić information content (AvgIpc) is 3.43. The molecule has 2 heterocycles. The van der Waals surface area contributed by atoms with Gasteiger partial charge in [0.15, 0.2) is 5.78 Å². The number of Topliss-reactive ketones (excluding diaryl/α,β-unsaturated/α-hetero) is 1. The highest BCUT2D eigenvalue weighted by Crippen LogP contribution is 2.34. The summed E-state index contributed by atoms with van der Waals surface area (Å²) in [5.74, 6) is -3.53. The lowest BCUT2D eigenvalue weighted by atomic mass is 9.83. The Hall–Kier alpha value is -5.86. The number of rotatable bonds is 13. The molecule has 1 aliphatic carbocycles. The number of benzene rings is 2. The summed E-state index contributed by atoms with van der Waals surface area (Å²) in [6.07, 6.45) is 2.29. The minimum Gasteiger partial charge on any atom is -0.511 e. The second-order valence-electron chi connectivity index (χ2n) is 13.5. The maximum Gasteiger partial charge on any atom is 0.312 e. The first-order valence-electron chi connectivity index (χ1n) is 17.3. The molecule has 1 fully saturated rings. The van der Waals surface area contributed by atoms with E-state index in [1.807, 2.05) is 30.3 Å². The number of aliphatic hydroxyl groups is 1. The van der Waals surface area contributed by atoms with Gasteiger partial charge in [0.25, 0.3) is 5.91 Å². The number of nitrogens with two attached hydrogens (primary N) is 1. The van der Waals surface area contributed by atoms with E-state index in [-0.39, 0.29) is 80.6 Å². The maximum atomic E-state index is 13.8. The minimum atomic E-state index is -1.12. The molecule has 4 atom stereocenters. The number of piperidine rings is 1. The summed E-state index contributed by atoms with van der Waals surface area (Å²) in [4.78, 5) is 95.1. The number of anilines is 1. The van der Waals surface area contributed by atoms with Gasteiger partial charge in [-0.3, -0.25) is 39.1 Å². The first-order chi connectivity index (χ1) is 24.8. The van der Waals surface area contributed by atoms with Crippen LogP contribution in [-0.2, 0) is 30.5 Å². The molecule has 0 saturated carbocycles. The molecule has 274 valence electrons. The number of nitrogens with zero attached hydrogens (tertiary/aromatic N) is 2. The normalized spacial score (nSPS) is 20.1. The second-order valence-corrected chi connectivity index (χ2v) is 13.5. The highest BCUT2D eigenvalue weighted by atomic mass is 16.3. The molecule has 5 rings (SSSR count). The molecule has 15 heteroatoms. The Kier molecular flexibility index (Phi) is 11.8. The van der Waals surface area contributed by atoms with Crippen molar-refractivity contribution < 1.29 is 38.7 Å². The lowest BCUT2D eigenvalue weighted by Gasteiger charge is -2.29. The van der Waals surface area contributed by atoms with Gasteiger partial charge in [-0.1, -0.05) is 50.2 Å². The van der Waals surface area contributed by atoms with Crippen molar-refractivity contribution in [3.05, 3.63) is 76.6 Å². The average molecular weight is 714 g/mol. The van der Waals surface area contributed by atoms with Crippen molar-refractivity contribution in [2.45, 2.75) is 83.0 Å². The smallest absolute Gasteiger partial charge is 0.312 e. The summed E-state index contributed by atoms with van der Waals surface area (Å²) in [5.41, 5.74) is 7.25. The molecule has 2 aliphatic heterocycles. The minimum absolute atomic E-state index is 0.0219. The van der Waals surface area contributed by atoms with Crippen LogP contribution in [0.25, 0.3) is 0 Å². The fourth-order valence-corrected chi connectivity index (χ4v) is 6.68. The molecule has 2 aromatic carbocycles. The number of aliphatic hydroxyl groups excluding tert-OH is 1. The van der Waals surface area contributed by atoms with Gasteiger partial charge in [0, 0.05) is 55.4 Å². The molecular formula is C37H43N7O8. The Balaban J connectivity index is 1.31. The van der Waals surface area contributed by atoms with Crippen LogP contribution in [0.15, 0.2) is 64.9 Å². The van der Waals surface area contributed by atoms with E-state index >= 15 is 0 Å². The van der Waals surface area contributed by atoms with Gasteiger partial charge in [0.1, 0.15) is 23.9 Å². The largest absolute Gasteiger partial charge is 0.511 e. The number of amides is 7. The predicted molar refractivity (Wildman–Crippen MR) is 190 cm³/mol. The van der Waals surface area contributed by atoms with Crippen LogP contribution in [0.1, 0.15) is 79.8 Å². The first-order valence-corrected chi connectivity index (χ1v) is 17.3. The van der Waals surface area contributed by atoms with E-state index in [1.54, 1.807) is 32.0 Å². The van der Waals surface area contributed by atoms with Crippen LogP contribution in [0.3, 0.4) is 0 Å². The van der Waals surface area contributed by atoms with E-state index in [0.29, 0.717) is 16.8 Å². The third-order valence-corrected chi connectivity index (χ3v) is 9.46. The topological polar surface area (TPSA) is 229 Å². The summed E-state index contributed by atoms with van der Waals surface area (Å²) < 4.78 is 0. The zero-order valence-electron chi connectivity index (χ0n) is 29.0. The molecule has 2 unspecified atom stereocenters. The van der Waals surface area contributed by atoms with E-state index in [2.05, 4.69) is 26.3 Å². The zero-order valence-corrected chi connectivity index (χ0v) is 29.0. The third-order valence-electron chi connectivity index (χ3n) is 9.46. The van der Waals surface area contributed by atoms with E-state index in [9.17, 15) is 38.7 Å². The van der Waals surface area contributed by atoms with Crippen LogP contribution in [0, 0.1) is 5.92 Å². The number of fused-ring (bicyclic) bond motifs is 1. The van der Waals surface area contributed by atoms with Crippen molar-refractivity contribution in [3.63, 3.8) is 0 Å². The number of urea groups is 1. The van der Waals surface area contributed by atoms with E-state index in [0.717, 1.165) is 5.56 Å². The standard InChI is InChI=1S/C37H43N7O8/c1-20(2)32(40-18-24-29(45)16-22(17-30(24)46)21-8-4-3-5-9-21)35(50)42-27(12-7-15-39-37(38)52)33(48)41-26-11-6-10-23-25(26)19-44(36(23)51)28-13-14-31(47)43-34(28)49/h3-6,8-11,18,20,22,27-28,32,45H,7,12-17,19H2,1-2H3,(H,41,48)(H,42,50)(H3,38,39,52)(H,43,47,49)/t22?,27-,28?,32-/m0/s1. The summed E-state index contributed by atoms with van der Waals surface area (Å²) in [6.45, 7) is 3.67. The molecule has 0 radical (unpaired) electrons. The molecule has 7 amide bonds. The van der Waals surface area contributed by atoms with Crippen molar-refractivity contribution in [1.82, 2.24) is 20.9 Å². The lowest BCUT2D eigenvalue weighted by Crippen LogP contribution is -2.52. The molecule has 0 spiro atoms. The fraction of sp³-hybridized carbons (Fsp3) is 0.405. The van der Waals surface area contributed by atoms with E-state index in [4.69, 9.17) is 5.73 Å². The molecule has 2 aromatic rings. The number of imide groups is 1. The van der Waals surface area contributed by atoms with Gasteiger partial charge in [0.05, 0.1) is 5.57 Å². The number of hydrogen-bond donors (Lipinski definition) is 6. The van der Waals surface area contributed by atoms with Crippen molar-refractivity contribution >= 4 is 53.3 Å². The van der Waals surface area contributed by atoms with Crippen LogP contribution < -0.4 is 27.0 Å². The maximum absolute atomic E-state index is 13.8. The summed E-state index contributed by atoms with van der Waals surface area (Å²) in [6, 6.07) is 10.5. The van der Waals surface area contributed by atoms with Gasteiger partial charge in [-0.25, -0.2) is 4.79 Å². The van der Waals surface area contributed by atoms with Crippen molar-refractivity contribution in [1.29, 1.82) is 0 Å². The van der Waals surface area contributed by atoms with Gasteiger partial charge < -0.3 is 31.7 Å². The number of nitrogens with one attached hydrogen (secondary N) is 4. The van der Waals surface area contributed by atoms with E-state index in [1.165, 1.54) is 11.1 Å². The predicted octanol–water partition coefficient (Wildman–Crippen LogP) is 2.37. The van der Waals surface area contributed by atoms with Gasteiger partial charge in [-0.05, 0) is 48.8 Å². The number of allylic oxidation sites excluding steroid dienone is 2. The number of carbonyl (C=O) groups is 7. The van der Waals surface area contributed by atoms with Crippen LogP contribution in [0.2, 0.25) is 0 Å². The van der Waals surface area contributed by atoms with Gasteiger partial charge in [-0.15, -0.1) is 0 Å². The van der Waals surface area contributed by atoms with Crippen LogP contribution >= 0.6 is 0 Å². The highest BCUT2D eigenvalue weighted by molar-refractivity contribution is 6.15. The number of primary amides is 1. The Morgan fingerprint density at radius 3 is 2.46 bits per heavy atom. The van der Waals surface area contributed by atoms with E-state index < -0.39 is 53.7 Å². The molecule has 52 heavy (non-hydrogen) atoms. The summed E-state index contributed by atoms with van der Waals surface area (Å²) in [7, 11) is 0. The number of aliphatic imine (C=N–C) groups is 1. The monoisotopic (exact) mass is 713 g/mol. The molecule has 1 saturated heterocycles. The van der Waals surface area contributed by atoms with Crippen molar-refractivity contribution in [2.24, 2.45) is 16.6 Å². The van der Waals surface area contributed by atoms with Crippen molar-refractivity contribution in [2.75, 3.05) is 11.9 Å². The summed E-state index contributed by atoms with van der Waals surface area (Å²) in [5, 5.41) is 21.1. The number of hydrogen-bond acceptors (Lipinski definition) is 9. The Morgan fingerprint density at radius 2 is 1.79 bits per heavy atom. The van der Waals surface area contributed by atoms with Crippen molar-refractivity contribution in [3.8, 4) is 0 Å². The Morgan fingerprint density at radius 1 is 1.04 bits per heavy atom. The number of carbonyl (C=O) groups excluding carboxylic acids is 7. The van der Waals surface area contributed by atoms with Gasteiger partial charge in [-0.2, -0.15) is 0 Å². The van der Waals surface area contributed by atoms with Gasteiger partial charge >= 0.3 is 6.03 Å². The Labute approximate surface area is 300 Å². The molecule has 7 N–H and O–H groups in total. The third kappa shape index (κ3) is 8.71. The van der Waals surface area contributed by atoms with Crippen LogP contribution in [-0.4, -0.2) is 82.2 Å². The SMILES string of the molecule is CC(C)[C@H](N=CC1=C(O)CC(c2ccccc2)CC1=O)C(=O)N[C@@H](CCCNC(N)=O)C(=O)Nc1cccc2c1CN(C1CCC(=O)NC1=O)C2=O. The summed E-state index contributed by atoms with van der Waals surface area (Å²) >= 11 is 0. The molecule has 0 aromatic heterocycles. The number of ketones is 1. The highest BCUT2D eigenvalue weighted by Gasteiger charge is 2.40. The zero-order chi connectivity index (χ0) is 37.5. The molecular weight excluding hydrogens is 670 g/mol. The molecule has 15 nitrogen and oxygen atoms in total. The quantitative estimate of drug-likeness (QED) is 0.102. The molecule has 0 bridgehead atoms. The van der Waals surface area contributed by atoms with Crippen LogP contribution in [0.4, 0.5) is 10.5 Å². The fourth-order valence-electron chi connectivity index (χ4n) is 6.68. The lowest BCUT2D eigenvalue weighted by molar-refractivity contribution is -0.137. The Bertz CT molecular complexity index is 1820. The first kappa shape index (κ1) is 37.4. The van der Waals surface area contributed by atoms with Crippen LogP contribution in [0.5, 0.6) is 0 Å².